The fourth-order valence-corrected chi connectivity index (χ4v) is 3.42. The van der Waals surface area contributed by atoms with E-state index in [0.717, 1.165) is 0 Å². The third kappa shape index (κ3) is 4.49. The fourth-order valence-electron chi connectivity index (χ4n) is 2.70. The third-order valence-corrected chi connectivity index (χ3v) is 5.00. The monoisotopic (exact) mass is 426 g/mol. The number of benzene rings is 1. The number of nitrogens with zero attached hydrogens (tertiary/aromatic N) is 3. The zero-order valence-corrected chi connectivity index (χ0v) is 17.3. The van der Waals surface area contributed by atoms with Gasteiger partial charge in [-0.2, -0.15) is 0 Å². The number of carbonyl (C=O) groups excluding carboxylic acids is 2. The van der Waals surface area contributed by atoms with E-state index in [1.807, 2.05) is 0 Å². The first kappa shape index (κ1) is 21.1. The second-order valence-corrected chi connectivity index (χ2v) is 7.16. The maximum absolute atomic E-state index is 12.5. The van der Waals surface area contributed by atoms with E-state index in [1.54, 1.807) is 38.3 Å². The van der Waals surface area contributed by atoms with Gasteiger partial charge in [0.1, 0.15) is 5.69 Å². The third-order valence-electron chi connectivity index (χ3n) is 4.24. The van der Waals surface area contributed by atoms with Crippen LogP contribution in [0.5, 0.6) is 0 Å². The van der Waals surface area contributed by atoms with Gasteiger partial charge in [0, 0.05) is 22.6 Å². The Bertz CT molecular complexity index is 1140. The Balaban J connectivity index is 1.77. The smallest absolute Gasteiger partial charge is 0.339 e. The van der Waals surface area contributed by atoms with Crippen molar-refractivity contribution in [1.29, 1.82) is 0 Å². The summed E-state index contributed by atoms with van der Waals surface area (Å²) < 4.78 is 4.95. The number of pyridine rings is 1. The lowest BCUT2D eigenvalue weighted by molar-refractivity contribution is -0.385. The number of esters is 1. The summed E-state index contributed by atoms with van der Waals surface area (Å²) in [7, 11) is 0. The molecule has 154 valence electrons. The number of anilines is 1. The first-order valence-corrected chi connectivity index (χ1v) is 9.85. The highest BCUT2D eigenvalue weighted by molar-refractivity contribution is 7.14. The van der Waals surface area contributed by atoms with Gasteiger partial charge in [0.2, 0.25) is 0 Å². The first-order chi connectivity index (χ1) is 14.3. The summed E-state index contributed by atoms with van der Waals surface area (Å²) in [6, 6.07) is 7.78. The van der Waals surface area contributed by atoms with Gasteiger partial charge in [0.25, 0.3) is 11.6 Å². The SMILES string of the molecule is CCOC(=O)c1ccc(C(=O)Nc2nc(-c3ccc(C)c([N+](=O)[O-])c3)cs2)nc1C. The quantitative estimate of drug-likeness (QED) is 0.356. The molecule has 1 aromatic carbocycles. The normalized spacial score (nSPS) is 10.5. The van der Waals surface area contributed by atoms with Crippen LogP contribution in [0.4, 0.5) is 10.8 Å². The van der Waals surface area contributed by atoms with Gasteiger partial charge in [-0.15, -0.1) is 11.3 Å². The number of aromatic nitrogens is 2. The highest BCUT2D eigenvalue weighted by atomic mass is 32.1. The molecule has 0 saturated heterocycles. The standard InChI is InChI=1S/C20H18N4O5S/c1-4-29-19(26)14-7-8-15(21-12(14)3)18(25)23-20-22-16(10-30-20)13-6-5-11(2)17(9-13)24(27)28/h5-10H,4H2,1-3H3,(H,22,23,25). The Morgan fingerprint density at radius 3 is 2.63 bits per heavy atom. The van der Waals surface area contributed by atoms with Gasteiger partial charge in [-0.25, -0.2) is 14.8 Å². The minimum atomic E-state index is -0.494. The van der Waals surface area contributed by atoms with E-state index in [-0.39, 0.29) is 18.0 Å². The largest absolute Gasteiger partial charge is 0.462 e. The highest BCUT2D eigenvalue weighted by Crippen LogP contribution is 2.29. The maximum atomic E-state index is 12.5. The van der Waals surface area contributed by atoms with Crippen LogP contribution in [0.2, 0.25) is 0 Å². The number of nitro benzene ring substituents is 1. The molecule has 0 atom stereocenters. The van der Waals surface area contributed by atoms with Crippen molar-refractivity contribution >= 4 is 34.0 Å². The molecule has 9 nitrogen and oxygen atoms in total. The Kier molecular flexibility index (Phi) is 6.17. The summed E-state index contributed by atoms with van der Waals surface area (Å²) in [5, 5.41) is 15.8. The van der Waals surface area contributed by atoms with E-state index in [9.17, 15) is 19.7 Å². The summed E-state index contributed by atoms with van der Waals surface area (Å²) in [6.07, 6.45) is 0. The number of nitro groups is 1. The molecule has 1 amide bonds. The molecule has 3 rings (SSSR count). The number of amides is 1. The van der Waals surface area contributed by atoms with Crippen molar-refractivity contribution in [2.75, 3.05) is 11.9 Å². The van der Waals surface area contributed by atoms with Crippen LogP contribution in [-0.4, -0.2) is 33.4 Å². The predicted molar refractivity (Wildman–Crippen MR) is 112 cm³/mol. The van der Waals surface area contributed by atoms with E-state index in [2.05, 4.69) is 15.3 Å². The van der Waals surface area contributed by atoms with Crippen LogP contribution in [0.25, 0.3) is 11.3 Å². The maximum Gasteiger partial charge on any atom is 0.339 e. The fraction of sp³-hybridized carbons (Fsp3) is 0.200. The Hall–Kier alpha value is -3.66. The lowest BCUT2D eigenvalue weighted by Gasteiger charge is -2.07. The summed E-state index contributed by atoms with van der Waals surface area (Å²) in [5.41, 5.74) is 2.46. The van der Waals surface area contributed by atoms with Crippen molar-refractivity contribution in [3.05, 3.63) is 68.3 Å². The minimum absolute atomic E-state index is 0.00690. The average Bonchev–Trinajstić information content (AvgIpc) is 3.16. The van der Waals surface area contributed by atoms with Gasteiger partial charge in [0.15, 0.2) is 5.13 Å². The molecule has 0 saturated carbocycles. The molecule has 0 bridgehead atoms. The second kappa shape index (κ2) is 8.78. The van der Waals surface area contributed by atoms with Crippen molar-refractivity contribution in [3.8, 4) is 11.3 Å². The topological polar surface area (TPSA) is 124 Å². The second-order valence-electron chi connectivity index (χ2n) is 6.30. The van der Waals surface area contributed by atoms with Crippen LogP contribution < -0.4 is 5.32 Å². The summed E-state index contributed by atoms with van der Waals surface area (Å²) in [4.78, 5) is 43.5. The summed E-state index contributed by atoms with van der Waals surface area (Å²) in [5.74, 6) is -0.976. The van der Waals surface area contributed by atoms with Crippen LogP contribution in [0.15, 0.2) is 35.7 Å². The van der Waals surface area contributed by atoms with Crippen LogP contribution >= 0.6 is 11.3 Å². The zero-order chi connectivity index (χ0) is 21.8. The molecule has 2 heterocycles. The van der Waals surface area contributed by atoms with Crippen LogP contribution in [0.1, 0.15) is 39.0 Å². The van der Waals surface area contributed by atoms with Gasteiger partial charge >= 0.3 is 5.97 Å². The molecule has 0 spiro atoms. The minimum Gasteiger partial charge on any atom is -0.462 e. The molecule has 2 aromatic heterocycles. The number of nitrogens with one attached hydrogen (secondary N) is 1. The molecule has 1 N–H and O–H groups in total. The molecule has 0 radical (unpaired) electrons. The number of ether oxygens (including phenoxy) is 1. The van der Waals surface area contributed by atoms with Crippen molar-refractivity contribution in [1.82, 2.24) is 9.97 Å². The van der Waals surface area contributed by atoms with Crippen LogP contribution in [0.3, 0.4) is 0 Å². The number of hydrogen-bond donors (Lipinski definition) is 1. The number of aryl methyl sites for hydroxylation is 2. The van der Waals surface area contributed by atoms with Crippen LogP contribution in [-0.2, 0) is 4.74 Å². The van der Waals surface area contributed by atoms with Crippen molar-refractivity contribution in [3.63, 3.8) is 0 Å². The number of hydrogen-bond acceptors (Lipinski definition) is 8. The summed E-state index contributed by atoms with van der Waals surface area (Å²) in [6.45, 7) is 5.24. The molecular formula is C20H18N4O5S. The summed E-state index contributed by atoms with van der Waals surface area (Å²) >= 11 is 1.19. The van der Waals surface area contributed by atoms with Gasteiger partial charge < -0.3 is 4.74 Å². The van der Waals surface area contributed by atoms with E-state index >= 15 is 0 Å². The molecule has 30 heavy (non-hydrogen) atoms. The van der Waals surface area contributed by atoms with Gasteiger partial charge in [-0.05, 0) is 32.9 Å². The van der Waals surface area contributed by atoms with Gasteiger partial charge in [-0.1, -0.05) is 12.1 Å². The first-order valence-electron chi connectivity index (χ1n) is 8.97. The molecule has 0 unspecified atom stereocenters. The van der Waals surface area contributed by atoms with Crippen molar-refractivity contribution < 1.29 is 19.2 Å². The molecule has 0 aliphatic carbocycles. The average molecular weight is 426 g/mol. The Labute approximate surface area is 175 Å². The molecule has 0 aliphatic heterocycles. The number of carbonyl (C=O) groups is 2. The number of thiazole rings is 1. The Morgan fingerprint density at radius 2 is 1.97 bits per heavy atom. The van der Waals surface area contributed by atoms with E-state index in [4.69, 9.17) is 4.74 Å². The van der Waals surface area contributed by atoms with Crippen LogP contribution in [0, 0.1) is 24.0 Å². The zero-order valence-electron chi connectivity index (χ0n) is 16.5. The molecule has 10 heteroatoms. The molecule has 0 aliphatic rings. The lowest BCUT2D eigenvalue weighted by Crippen LogP contribution is -2.16. The van der Waals surface area contributed by atoms with E-state index in [0.29, 0.717) is 33.2 Å². The predicted octanol–water partition coefficient (Wildman–Crippen LogP) is 4.16. The van der Waals surface area contributed by atoms with Gasteiger partial charge in [-0.3, -0.25) is 20.2 Å². The van der Waals surface area contributed by atoms with Crippen molar-refractivity contribution in [2.24, 2.45) is 0 Å². The number of rotatable bonds is 6. The van der Waals surface area contributed by atoms with Gasteiger partial charge in [0.05, 0.1) is 28.5 Å². The van der Waals surface area contributed by atoms with E-state index < -0.39 is 16.8 Å². The molecule has 3 aromatic rings. The van der Waals surface area contributed by atoms with Crippen molar-refractivity contribution in [2.45, 2.75) is 20.8 Å². The van der Waals surface area contributed by atoms with E-state index in [1.165, 1.54) is 29.5 Å². The molecule has 0 fully saturated rings. The highest BCUT2D eigenvalue weighted by Gasteiger charge is 2.17. The molecular weight excluding hydrogens is 408 g/mol. The lowest BCUT2D eigenvalue weighted by atomic mass is 10.1. The Morgan fingerprint density at radius 1 is 1.20 bits per heavy atom.